The van der Waals surface area contributed by atoms with Gasteiger partial charge in [-0.15, -0.1) is 16.4 Å². The molecule has 0 aliphatic carbocycles. The second-order valence-corrected chi connectivity index (χ2v) is 8.23. The largest absolute Gasteiger partial charge is 0.497 e. The molecule has 1 N–H and O–H groups in total. The second-order valence-electron chi connectivity index (χ2n) is 7.35. The highest BCUT2D eigenvalue weighted by Gasteiger charge is 2.17. The predicted molar refractivity (Wildman–Crippen MR) is 124 cm³/mol. The van der Waals surface area contributed by atoms with Gasteiger partial charge in [-0.1, -0.05) is 29.8 Å². The molecule has 0 bridgehead atoms. The maximum atomic E-state index is 12.8. The number of aromatic nitrogens is 4. The van der Waals surface area contributed by atoms with Crippen LogP contribution < -0.4 is 15.7 Å². The zero-order valence-corrected chi connectivity index (χ0v) is 18.2. The summed E-state index contributed by atoms with van der Waals surface area (Å²) in [6.45, 7) is 1.84. The number of nitrogens with zero attached hydrogens (tertiary/aromatic N) is 4. The molecule has 5 rings (SSSR count). The molecule has 0 aliphatic rings. The van der Waals surface area contributed by atoms with E-state index in [1.54, 1.807) is 31.4 Å². The SMILES string of the molecule is COc1ccc(NC(=O)Cn2nc3c4scc(-c5ccc(C)cc5)c4ncn3c2=O)cc1. The Hall–Kier alpha value is -3.98. The molecule has 0 saturated heterocycles. The van der Waals surface area contributed by atoms with Crippen molar-refractivity contribution >= 4 is 38.8 Å². The smallest absolute Gasteiger partial charge is 0.352 e. The third-order valence-electron chi connectivity index (χ3n) is 5.17. The molecule has 5 aromatic rings. The van der Waals surface area contributed by atoms with E-state index in [1.807, 2.05) is 12.3 Å². The number of methoxy groups -OCH3 is 1. The average Bonchev–Trinajstić information content (AvgIpc) is 3.36. The maximum absolute atomic E-state index is 12.8. The third-order valence-corrected chi connectivity index (χ3v) is 6.14. The lowest BCUT2D eigenvalue weighted by molar-refractivity contribution is -0.117. The van der Waals surface area contributed by atoms with Crippen molar-refractivity contribution in [2.75, 3.05) is 12.4 Å². The number of hydrogen-bond donors (Lipinski definition) is 1. The molecule has 0 spiro atoms. The Balaban J connectivity index is 1.46. The highest BCUT2D eigenvalue weighted by atomic mass is 32.1. The monoisotopic (exact) mass is 445 g/mol. The van der Waals surface area contributed by atoms with Gasteiger partial charge in [-0.05, 0) is 36.8 Å². The highest BCUT2D eigenvalue weighted by molar-refractivity contribution is 7.18. The van der Waals surface area contributed by atoms with Gasteiger partial charge in [-0.3, -0.25) is 4.79 Å². The van der Waals surface area contributed by atoms with Crippen molar-refractivity contribution < 1.29 is 9.53 Å². The van der Waals surface area contributed by atoms with Gasteiger partial charge in [0.2, 0.25) is 5.91 Å². The van der Waals surface area contributed by atoms with Crippen LogP contribution in [0.2, 0.25) is 0 Å². The Morgan fingerprint density at radius 1 is 1.12 bits per heavy atom. The van der Waals surface area contributed by atoms with Gasteiger partial charge in [0.1, 0.15) is 18.6 Å². The lowest BCUT2D eigenvalue weighted by Gasteiger charge is -2.05. The van der Waals surface area contributed by atoms with Crippen LogP contribution in [0.25, 0.3) is 27.0 Å². The molecule has 3 heterocycles. The van der Waals surface area contributed by atoms with Crippen LogP contribution in [0.15, 0.2) is 65.0 Å². The Morgan fingerprint density at radius 3 is 2.59 bits per heavy atom. The number of aryl methyl sites for hydroxylation is 1. The molecular formula is C23H19N5O3S. The van der Waals surface area contributed by atoms with Gasteiger partial charge in [0.05, 0.1) is 17.3 Å². The fourth-order valence-electron chi connectivity index (χ4n) is 3.48. The number of rotatable bonds is 5. The van der Waals surface area contributed by atoms with Crippen molar-refractivity contribution in [2.45, 2.75) is 13.5 Å². The van der Waals surface area contributed by atoms with Crippen LogP contribution in [0, 0.1) is 6.92 Å². The predicted octanol–water partition coefficient (Wildman–Crippen LogP) is 3.73. The van der Waals surface area contributed by atoms with E-state index in [1.165, 1.54) is 27.6 Å². The molecule has 0 fully saturated rings. The standard InChI is InChI=1S/C23H19N5O3S/c1-14-3-5-15(6-4-14)18-12-32-21-20(18)24-13-27-22(21)26-28(23(27)30)11-19(29)25-16-7-9-17(31-2)10-8-16/h3-10,12-13H,11H2,1-2H3,(H,25,29). The van der Waals surface area contributed by atoms with Crippen LogP contribution in [0.1, 0.15) is 5.56 Å². The van der Waals surface area contributed by atoms with Crippen LogP contribution in [-0.2, 0) is 11.3 Å². The minimum absolute atomic E-state index is 0.204. The van der Waals surface area contributed by atoms with Crippen molar-refractivity contribution in [1.82, 2.24) is 19.2 Å². The fraction of sp³-hybridized carbons (Fsp3) is 0.130. The first-order valence-electron chi connectivity index (χ1n) is 9.90. The molecule has 0 aliphatic heterocycles. The van der Waals surface area contributed by atoms with Crippen LogP contribution in [-0.4, -0.2) is 32.2 Å². The number of fused-ring (bicyclic) bond motifs is 3. The van der Waals surface area contributed by atoms with E-state index >= 15 is 0 Å². The topological polar surface area (TPSA) is 90.5 Å². The van der Waals surface area contributed by atoms with E-state index in [4.69, 9.17) is 4.74 Å². The first-order valence-corrected chi connectivity index (χ1v) is 10.8. The summed E-state index contributed by atoms with van der Waals surface area (Å²) in [6.07, 6.45) is 1.47. The molecule has 8 nitrogen and oxygen atoms in total. The summed E-state index contributed by atoms with van der Waals surface area (Å²) in [5, 5.41) is 9.21. The molecule has 0 saturated carbocycles. The van der Waals surface area contributed by atoms with Gasteiger partial charge in [0, 0.05) is 16.6 Å². The van der Waals surface area contributed by atoms with E-state index in [0.717, 1.165) is 26.0 Å². The van der Waals surface area contributed by atoms with E-state index in [9.17, 15) is 9.59 Å². The molecule has 3 aromatic heterocycles. The number of thiophene rings is 1. The average molecular weight is 446 g/mol. The Bertz CT molecular complexity index is 1500. The van der Waals surface area contributed by atoms with Gasteiger partial charge < -0.3 is 10.1 Å². The number of benzene rings is 2. The third kappa shape index (κ3) is 3.52. The molecule has 0 unspecified atom stereocenters. The first kappa shape index (κ1) is 20.0. The summed E-state index contributed by atoms with van der Waals surface area (Å²) in [5.74, 6) is 0.341. The summed E-state index contributed by atoms with van der Waals surface area (Å²) in [4.78, 5) is 29.8. The normalized spacial score (nSPS) is 11.2. The Labute approximate surface area is 186 Å². The van der Waals surface area contributed by atoms with Crippen molar-refractivity contribution in [3.63, 3.8) is 0 Å². The summed E-state index contributed by atoms with van der Waals surface area (Å²) in [6, 6.07) is 15.2. The van der Waals surface area contributed by atoms with E-state index in [-0.39, 0.29) is 12.5 Å². The molecule has 2 aromatic carbocycles. The van der Waals surface area contributed by atoms with Crippen molar-refractivity contribution in [3.8, 4) is 16.9 Å². The van der Waals surface area contributed by atoms with Gasteiger partial charge in [-0.25, -0.2) is 18.9 Å². The summed E-state index contributed by atoms with van der Waals surface area (Å²) >= 11 is 1.48. The number of anilines is 1. The lowest BCUT2D eigenvalue weighted by Crippen LogP contribution is -2.28. The van der Waals surface area contributed by atoms with Gasteiger partial charge >= 0.3 is 5.69 Å². The minimum atomic E-state index is -0.412. The molecule has 32 heavy (non-hydrogen) atoms. The van der Waals surface area contributed by atoms with E-state index < -0.39 is 5.69 Å². The van der Waals surface area contributed by atoms with Crippen LogP contribution in [0.5, 0.6) is 5.75 Å². The van der Waals surface area contributed by atoms with Crippen LogP contribution >= 0.6 is 11.3 Å². The highest BCUT2D eigenvalue weighted by Crippen LogP contribution is 2.34. The fourth-order valence-corrected chi connectivity index (χ4v) is 4.49. The summed E-state index contributed by atoms with van der Waals surface area (Å²) in [7, 11) is 1.58. The quantitative estimate of drug-likeness (QED) is 0.445. The van der Waals surface area contributed by atoms with Gasteiger partial charge in [0.15, 0.2) is 5.65 Å². The van der Waals surface area contributed by atoms with Crippen molar-refractivity contribution in [3.05, 3.63) is 76.3 Å². The summed E-state index contributed by atoms with van der Waals surface area (Å²) < 4.78 is 8.44. The molecule has 0 radical (unpaired) electrons. The molecule has 0 atom stereocenters. The Kier molecular flexibility index (Phi) is 4.95. The number of ether oxygens (including phenoxy) is 1. The maximum Gasteiger partial charge on any atom is 0.352 e. The molecular weight excluding hydrogens is 426 g/mol. The minimum Gasteiger partial charge on any atom is -0.497 e. The number of carbonyl (C=O) groups excluding carboxylic acids is 1. The van der Waals surface area contributed by atoms with Gasteiger partial charge in [-0.2, -0.15) is 0 Å². The van der Waals surface area contributed by atoms with E-state index in [0.29, 0.717) is 17.1 Å². The molecule has 1 amide bonds. The van der Waals surface area contributed by atoms with E-state index in [2.05, 4.69) is 39.7 Å². The second kappa shape index (κ2) is 7.93. The number of nitrogens with one attached hydrogen (secondary N) is 1. The zero-order valence-electron chi connectivity index (χ0n) is 17.4. The number of hydrogen-bond acceptors (Lipinski definition) is 6. The molecule has 9 heteroatoms. The summed E-state index contributed by atoms with van der Waals surface area (Å²) in [5.41, 5.74) is 4.70. The number of amides is 1. The molecule has 160 valence electrons. The van der Waals surface area contributed by atoms with Crippen molar-refractivity contribution in [2.24, 2.45) is 0 Å². The van der Waals surface area contributed by atoms with Crippen molar-refractivity contribution in [1.29, 1.82) is 0 Å². The lowest BCUT2D eigenvalue weighted by atomic mass is 10.1. The van der Waals surface area contributed by atoms with Crippen LogP contribution in [0.3, 0.4) is 0 Å². The van der Waals surface area contributed by atoms with Crippen LogP contribution in [0.4, 0.5) is 5.69 Å². The van der Waals surface area contributed by atoms with Gasteiger partial charge in [0.25, 0.3) is 0 Å². The Morgan fingerprint density at radius 2 is 1.88 bits per heavy atom. The first-order chi connectivity index (χ1) is 15.5. The number of carbonyl (C=O) groups is 1. The zero-order chi connectivity index (χ0) is 22.2.